The number of hydrogen-bond donors (Lipinski definition) is 2. The molecule has 0 saturated carbocycles. The highest BCUT2D eigenvalue weighted by molar-refractivity contribution is 5.77. The van der Waals surface area contributed by atoms with Crippen molar-refractivity contribution in [3.05, 3.63) is 29.8 Å². The quantitative estimate of drug-likeness (QED) is 0.606. The van der Waals surface area contributed by atoms with E-state index < -0.39 is 0 Å². The largest absolute Gasteiger partial charge is 0.378 e. The second kappa shape index (κ2) is 6.26. The fraction of sp³-hybridized carbons (Fsp3) is 0.462. The molecule has 0 aromatic heterocycles. The lowest BCUT2D eigenvalue weighted by Gasteiger charge is -2.30. The van der Waals surface area contributed by atoms with Crippen molar-refractivity contribution in [2.45, 2.75) is 6.54 Å². The molecule has 1 aliphatic rings. The number of ether oxygens (including phenoxy) is 1. The fourth-order valence-corrected chi connectivity index (χ4v) is 2.04. The highest BCUT2D eigenvalue weighted by Crippen LogP contribution is 2.21. The van der Waals surface area contributed by atoms with E-state index in [4.69, 9.17) is 10.5 Å². The van der Waals surface area contributed by atoms with Crippen LogP contribution < -0.4 is 16.0 Å². The second-order valence-corrected chi connectivity index (χ2v) is 4.19. The Morgan fingerprint density at radius 3 is 2.83 bits per heavy atom. The molecule has 0 bridgehead atoms. The number of rotatable bonds is 3. The highest BCUT2D eigenvalue weighted by Gasteiger charge is 2.13. The van der Waals surface area contributed by atoms with E-state index in [0.717, 1.165) is 26.3 Å². The highest BCUT2D eigenvalue weighted by atomic mass is 16.5. The number of anilines is 1. The van der Waals surface area contributed by atoms with Crippen LogP contribution in [-0.2, 0) is 11.3 Å². The lowest BCUT2D eigenvalue weighted by atomic mass is 10.1. The van der Waals surface area contributed by atoms with Gasteiger partial charge in [-0.1, -0.05) is 18.2 Å². The molecule has 1 saturated heterocycles. The van der Waals surface area contributed by atoms with Crippen molar-refractivity contribution in [1.82, 2.24) is 5.32 Å². The Morgan fingerprint density at radius 1 is 1.39 bits per heavy atom. The molecule has 0 spiro atoms. The number of morpholine rings is 1. The molecule has 1 aromatic rings. The minimum absolute atomic E-state index is 0.465. The van der Waals surface area contributed by atoms with E-state index in [1.165, 1.54) is 11.3 Å². The third-order valence-electron chi connectivity index (χ3n) is 3.04. The maximum Gasteiger partial charge on any atom is 0.188 e. The Labute approximate surface area is 108 Å². The van der Waals surface area contributed by atoms with Gasteiger partial charge in [-0.15, -0.1) is 0 Å². The van der Waals surface area contributed by atoms with Crippen LogP contribution in [0.25, 0.3) is 0 Å². The summed E-state index contributed by atoms with van der Waals surface area (Å²) in [5.41, 5.74) is 8.13. The van der Waals surface area contributed by atoms with Crippen LogP contribution in [-0.4, -0.2) is 39.3 Å². The Balaban J connectivity index is 2.09. The summed E-state index contributed by atoms with van der Waals surface area (Å²) in [7, 11) is 1.68. The predicted molar refractivity (Wildman–Crippen MR) is 73.9 cm³/mol. The van der Waals surface area contributed by atoms with Crippen LogP contribution in [0.15, 0.2) is 29.3 Å². The Hall–Kier alpha value is -1.75. The topological polar surface area (TPSA) is 62.9 Å². The van der Waals surface area contributed by atoms with Crippen LogP contribution in [0.2, 0.25) is 0 Å². The van der Waals surface area contributed by atoms with E-state index in [2.05, 4.69) is 33.4 Å². The van der Waals surface area contributed by atoms with Crippen molar-refractivity contribution in [2.75, 3.05) is 38.3 Å². The SMILES string of the molecule is CN=C(N)NCc1ccccc1N1CCOCC1. The summed E-state index contributed by atoms with van der Waals surface area (Å²) in [5.74, 6) is 0.465. The van der Waals surface area contributed by atoms with E-state index >= 15 is 0 Å². The summed E-state index contributed by atoms with van der Waals surface area (Å²) in [6, 6.07) is 8.36. The Kier molecular flexibility index (Phi) is 4.41. The lowest BCUT2D eigenvalue weighted by molar-refractivity contribution is 0.122. The number of hydrogen-bond acceptors (Lipinski definition) is 3. The molecule has 0 radical (unpaired) electrons. The number of guanidine groups is 1. The van der Waals surface area contributed by atoms with Gasteiger partial charge in [-0.3, -0.25) is 4.99 Å². The van der Waals surface area contributed by atoms with Gasteiger partial charge in [-0.05, 0) is 11.6 Å². The molecule has 0 aliphatic carbocycles. The molecule has 2 rings (SSSR count). The Morgan fingerprint density at radius 2 is 2.11 bits per heavy atom. The zero-order chi connectivity index (χ0) is 12.8. The molecule has 18 heavy (non-hydrogen) atoms. The molecular weight excluding hydrogens is 228 g/mol. The molecule has 0 amide bonds. The van der Waals surface area contributed by atoms with Crippen LogP contribution in [0.3, 0.4) is 0 Å². The van der Waals surface area contributed by atoms with Gasteiger partial charge in [0.25, 0.3) is 0 Å². The monoisotopic (exact) mass is 248 g/mol. The number of nitrogens with one attached hydrogen (secondary N) is 1. The van der Waals surface area contributed by atoms with Gasteiger partial charge in [-0.2, -0.15) is 0 Å². The second-order valence-electron chi connectivity index (χ2n) is 4.19. The first-order valence-electron chi connectivity index (χ1n) is 6.18. The lowest BCUT2D eigenvalue weighted by Crippen LogP contribution is -2.37. The summed E-state index contributed by atoms with van der Waals surface area (Å²) >= 11 is 0. The molecule has 0 atom stereocenters. The number of aliphatic imine (C=N–C) groups is 1. The first-order valence-corrected chi connectivity index (χ1v) is 6.18. The fourth-order valence-electron chi connectivity index (χ4n) is 2.04. The standard InChI is InChI=1S/C13H20N4O/c1-15-13(14)16-10-11-4-2-3-5-12(11)17-6-8-18-9-7-17/h2-5H,6-10H2,1H3,(H3,14,15,16). The number of benzene rings is 1. The van der Waals surface area contributed by atoms with Crippen molar-refractivity contribution >= 4 is 11.6 Å². The van der Waals surface area contributed by atoms with Crippen molar-refractivity contribution < 1.29 is 4.74 Å². The van der Waals surface area contributed by atoms with Gasteiger partial charge in [0.1, 0.15) is 0 Å². The number of nitrogens with zero attached hydrogens (tertiary/aromatic N) is 2. The van der Waals surface area contributed by atoms with Gasteiger partial charge in [0.05, 0.1) is 13.2 Å². The zero-order valence-electron chi connectivity index (χ0n) is 10.7. The van der Waals surface area contributed by atoms with E-state index in [-0.39, 0.29) is 0 Å². The molecule has 98 valence electrons. The third kappa shape index (κ3) is 3.13. The molecule has 5 nitrogen and oxygen atoms in total. The number of nitrogens with two attached hydrogens (primary N) is 1. The average molecular weight is 248 g/mol. The average Bonchev–Trinajstić information content (AvgIpc) is 2.46. The van der Waals surface area contributed by atoms with Crippen molar-refractivity contribution in [3.63, 3.8) is 0 Å². The Bertz CT molecular complexity index is 413. The summed E-state index contributed by atoms with van der Waals surface area (Å²) < 4.78 is 5.38. The molecule has 3 N–H and O–H groups in total. The van der Waals surface area contributed by atoms with Gasteiger partial charge in [0, 0.05) is 32.4 Å². The van der Waals surface area contributed by atoms with E-state index in [1.807, 2.05) is 6.07 Å². The van der Waals surface area contributed by atoms with Gasteiger partial charge < -0.3 is 20.7 Å². The summed E-state index contributed by atoms with van der Waals surface area (Å²) in [5, 5.41) is 3.10. The molecule has 5 heteroatoms. The van der Waals surface area contributed by atoms with Crippen LogP contribution >= 0.6 is 0 Å². The van der Waals surface area contributed by atoms with Crippen molar-refractivity contribution in [2.24, 2.45) is 10.7 Å². The van der Waals surface area contributed by atoms with Crippen LogP contribution in [0.1, 0.15) is 5.56 Å². The first-order chi connectivity index (χ1) is 8.81. The maximum atomic E-state index is 5.65. The summed E-state index contributed by atoms with van der Waals surface area (Å²) in [6.07, 6.45) is 0. The molecule has 1 heterocycles. The summed E-state index contributed by atoms with van der Waals surface area (Å²) in [6.45, 7) is 4.15. The minimum Gasteiger partial charge on any atom is -0.378 e. The van der Waals surface area contributed by atoms with Gasteiger partial charge in [0.15, 0.2) is 5.96 Å². The van der Waals surface area contributed by atoms with Crippen molar-refractivity contribution in [1.29, 1.82) is 0 Å². The molecular formula is C13H20N4O. The normalized spacial score (nSPS) is 16.7. The molecule has 1 aromatic carbocycles. The van der Waals surface area contributed by atoms with Crippen LogP contribution in [0.4, 0.5) is 5.69 Å². The molecule has 1 aliphatic heterocycles. The van der Waals surface area contributed by atoms with E-state index in [0.29, 0.717) is 12.5 Å². The van der Waals surface area contributed by atoms with Gasteiger partial charge in [-0.25, -0.2) is 0 Å². The minimum atomic E-state index is 0.465. The predicted octanol–water partition coefficient (Wildman–Crippen LogP) is 0.557. The summed E-state index contributed by atoms with van der Waals surface area (Å²) in [4.78, 5) is 6.24. The van der Waals surface area contributed by atoms with E-state index in [9.17, 15) is 0 Å². The van der Waals surface area contributed by atoms with Gasteiger partial charge in [0.2, 0.25) is 0 Å². The smallest absolute Gasteiger partial charge is 0.188 e. The van der Waals surface area contributed by atoms with Crippen LogP contribution in [0, 0.1) is 0 Å². The number of para-hydroxylation sites is 1. The first kappa shape index (κ1) is 12.7. The van der Waals surface area contributed by atoms with E-state index in [1.54, 1.807) is 7.05 Å². The zero-order valence-corrected chi connectivity index (χ0v) is 10.7. The van der Waals surface area contributed by atoms with Gasteiger partial charge >= 0.3 is 0 Å². The van der Waals surface area contributed by atoms with Crippen LogP contribution in [0.5, 0.6) is 0 Å². The molecule has 1 fully saturated rings. The molecule has 0 unspecified atom stereocenters. The maximum absolute atomic E-state index is 5.65. The third-order valence-corrected chi connectivity index (χ3v) is 3.04. The van der Waals surface area contributed by atoms with Crippen molar-refractivity contribution in [3.8, 4) is 0 Å².